The second-order valence-corrected chi connectivity index (χ2v) is 3.40. The van der Waals surface area contributed by atoms with Crippen molar-refractivity contribution in [1.82, 2.24) is 15.5 Å². The molecule has 0 atom stereocenters. The van der Waals surface area contributed by atoms with Gasteiger partial charge in [-0.3, -0.25) is 9.89 Å². The van der Waals surface area contributed by atoms with Gasteiger partial charge in [0.2, 0.25) is 0 Å². The van der Waals surface area contributed by atoms with Crippen molar-refractivity contribution in [1.29, 1.82) is 0 Å². The summed E-state index contributed by atoms with van der Waals surface area (Å²) in [6, 6.07) is 9.01. The Kier molecular flexibility index (Phi) is 2.86. The van der Waals surface area contributed by atoms with Gasteiger partial charge >= 0.3 is 0 Å². The van der Waals surface area contributed by atoms with Crippen LogP contribution in [0.5, 0.6) is 0 Å². The number of aromatic amines is 1. The third-order valence-corrected chi connectivity index (χ3v) is 2.15. The molecule has 0 fully saturated rings. The Bertz CT molecular complexity index is 478. The lowest BCUT2D eigenvalue weighted by Crippen LogP contribution is -2.23. The molecule has 0 aliphatic rings. The van der Waals surface area contributed by atoms with Gasteiger partial charge in [-0.05, 0) is 23.8 Å². The standard InChI is InChI=1S/C11H12N4O/c12-9-3-1-2-8(6-9)7-13-11(16)10-4-5-14-15-10/h1-6H,7,12H2,(H,13,16)(H,14,15). The van der Waals surface area contributed by atoms with Gasteiger partial charge in [0.15, 0.2) is 0 Å². The van der Waals surface area contributed by atoms with Crippen molar-refractivity contribution in [3.8, 4) is 0 Å². The van der Waals surface area contributed by atoms with Crippen LogP contribution in [0.4, 0.5) is 5.69 Å². The molecule has 82 valence electrons. The smallest absolute Gasteiger partial charge is 0.269 e. The molecule has 0 radical (unpaired) electrons. The predicted octanol–water partition coefficient (Wildman–Crippen LogP) is 0.922. The van der Waals surface area contributed by atoms with E-state index >= 15 is 0 Å². The Labute approximate surface area is 92.7 Å². The first kappa shape index (κ1) is 10.2. The van der Waals surface area contributed by atoms with E-state index < -0.39 is 0 Å². The van der Waals surface area contributed by atoms with Crippen molar-refractivity contribution in [2.24, 2.45) is 0 Å². The Balaban J connectivity index is 1.95. The Hall–Kier alpha value is -2.30. The highest BCUT2D eigenvalue weighted by molar-refractivity contribution is 5.92. The lowest BCUT2D eigenvalue weighted by atomic mass is 10.2. The number of aromatic nitrogens is 2. The van der Waals surface area contributed by atoms with Crippen LogP contribution in [0.3, 0.4) is 0 Å². The molecule has 1 aromatic carbocycles. The number of rotatable bonds is 3. The summed E-state index contributed by atoms with van der Waals surface area (Å²) in [6.07, 6.45) is 1.54. The number of hydrogen-bond donors (Lipinski definition) is 3. The number of carbonyl (C=O) groups is 1. The highest BCUT2D eigenvalue weighted by Crippen LogP contribution is 2.06. The fourth-order valence-corrected chi connectivity index (χ4v) is 1.36. The summed E-state index contributed by atoms with van der Waals surface area (Å²) in [5.41, 5.74) is 7.73. The van der Waals surface area contributed by atoms with Crippen molar-refractivity contribution in [2.75, 3.05) is 5.73 Å². The maximum atomic E-state index is 11.6. The minimum Gasteiger partial charge on any atom is -0.399 e. The van der Waals surface area contributed by atoms with Gasteiger partial charge in [-0.15, -0.1) is 0 Å². The Morgan fingerprint density at radius 1 is 1.44 bits per heavy atom. The van der Waals surface area contributed by atoms with E-state index in [0.717, 1.165) is 5.56 Å². The van der Waals surface area contributed by atoms with E-state index in [4.69, 9.17) is 5.73 Å². The SMILES string of the molecule is Nc1cccc(CNC(=O)c2ccn[nH]2)c1. The van der Waals surface area contributed by atoms with Gasteiger partial charge in [0.05, 0.1) is 0 Å². The molecule has 2 rings (SSSR count). The van der Waals surface area contributed by atoms with Crippen molar-refractivity contribution >= 4 is 11.6 Å². The van der Waals surface area contributed by atoms with Crippen LogP contribution in [0.15, 0.2) is 36.5 Å². The molecular weight excluding hydrogens is 204 g/mol. The topological polar surface area (TPSA) is 83.8 Å². The summed E-state index contributed by atoms with van der Waals surface area (Å²) in [7, 11) is 0. The van der Waals surface area contributed by atoms with Crippen LogP contribution < -0.4 is 11.1 Å². The van der Waals surface area contributed by atoms with Crippen molar-refractivity contribution < 1.29 is 4.79 Å². The molecule has 5 heteroatoms. The van der Waals surface area contributed by atoms with E-state index in [1.165, 1.54) is 6.20 Å². The third kappa shape index (κ3) is 2.38. The van der Waals surface area contributed by atoms with Crippen LogP contribution in [-0.2, 0) is 6.54 Å². The van der Waals surface area contributed by atoms with Crippen LogP contribution in [0.25, 0.3) is 0 Å². The molecule has 0 bridgehead atoms. The zero-order chi connectivity index (χ0) is 11.4. The minimum absolute atomic E-state index is 0.181. The largest absolute Gasteiger partial charge is 0.399 e. The van der Waals surface area contributed by atoms with E-state index in [1.54, 1.807) is 12.1 Å². The quantitative estimate of drug-likeness (QED) is 0.667. The molecule has 0 aliphatic carbocycles. The molecule has 1 aromatic heterocycles. The zero-order valence-corrected chi connectivity index (χ0v) is 8.60. The predicted molar refractivity (Wildman–Crippen MR) is 60.6 cm³/mol. The summed E-state index contributed by atoms with van der Waals surface area (Å²) in [6.45, 7) is 0.447. The van der Waals surface area contributed by atoms with E-state index in [-0.39, 0.29) is 5.91 Å². The van der Waals surface area contributed by atoms with Crippen LogP contribution in [0.2, 0.25) is 0 Å². The molecule has 5 nitrogen and oxygen atoms in total. The molecule has 0 spiro atoms. The molecule has 0 saturated heterocycles. The van der Waals surface area contributed by atoms with Gasteiger partial charge in [-0.25, -0.2) is 0 Å². The molecule has 0 saturated carbocycles. The number of benzene rings is 1. The van der Waals surface area contributed by atoms with Crippen molar-refractivity contribution in [3.63, 3.8) is 0 Å². The maximum absolute atomic E-state index is 11.6. The van der Waals surface area contributed by atoms with E-state index in [1.807, 2.05) is 18.2 Å². The maximum Gasteiger partial charge on any atom is 0.269 e. The van der Waals surface area contributed by atoms with Crippen LogP contribution in [0, 0.1) is 0 Å². The summed E-state index contributed by atoms with van der Waals surface area (Å²) < 4.78 is 0. The molecule has 16 heavy (non-hydrogen) atoms. The fraction of sp³-hybridized carbons (Fsp3) is 0.0909. The number of nitrogens with two attached hydrogens (primary N) is 1. The van der Waals surface area contributed by atoms with E-state index in [9.17, 15) is 4.79 Å². The van der Waals surface area contributed by atoms with Gasteiger partial charge in [0.1, 0.15) is 5.69 Å². The van der Waals surface area contributed by atoms with Crippen molar-refractivity contribution in [2.45, 2.75) is 6.54 Å². The van der Waals surface area contributed by atoms with Gasteiger partial charge in [0, 0.05) is 18.4 Å². The third-order valence-electron chi connectivity index (χ3n) is 2.15. The molecular formula is C11H12N4O. The monoisotopic (exact) mass is 216 g/mol. The van der Waals surface area contributed by atoms with E-state index in [2.05, 4.69) is 15.5 Å². The van der Waals surface area contributed by atoms with Gasteiger partial charge < -0.3 is 11.1 Å². The second-order valence-electron chi connectivity index (χ2n) is 3.40. The second kappa shape index (κ2) is 4.48. The van der Waals surface area contributed by atoms with Gasteiger partial charge in [0.25, 0.3) is 5.91 Å². The minimum atomic E-state index is -0.181. The lowest BCUT2D eigenvalue weighted by molar-refractivity contribution is 0.0946. The number of H-pyrrole nitrogens is 1. The summed E-state index contributed by atoms with van der Waals surface area (Å²) in [5, 5.41) is 9.07. The number of hydrogen-bond acceptors (Lipinski definition) is 3. The van der Waals surface area contributed by atoms with E-state index in [0.29, 0.717) is 17.9 Å². The van der Waals surface area contributed by atoms with Crippen LogP contribution in [-0.4, -0.2) is 16.1 Å². The molecule has 0 aliphatic heterocycles. The first-order valence-electron chi connectivity index (χ1n) is 4.88. The first-order valence-corrected chi connectivity index (χ1v) is 4.88. The first-order chi connectivity index (χ1) is 7.75. The average Bonchev–Trinajstić information content (AvgIpc) is 2.79. The van der Waals surface area contributed by atoms with Gasteiger partial charge in [-0.2, -0.15) is 5.10 Å². The number of amides is 1. The lowest BCUT2D eigenvalue weighted by Gasteiger charge is -2.04. The summed E-state index contributed by atoms with van der Waals surface area (Å²) >= 11 is 0. The molecule has 1 heterocycles. The van der Waals surface area contributed by atoms with Crippen molar-refractivity contribution in [3.05, 3.63) is 47.8 Å². The number of nitrogens with one attached hydrogen (secondary N) is 2. The Morgan fingerprint density at radius 2 is 2.31 bits per heavy atom. The number of nitrogen functional groups attached to an aromatic ring is 1. The van der Waals surface area contributed by atoms with Gasteiger partial charge in [-0.1, -0.05) is 12.1 Å². The number of nitrogens with zero attached hydrogens (tertiary/aromatic N) is 1. The Morgan fingerprint density at radius 3 is 3.00 bits per heavy atom. The fourth-order valence-electron chi connectivity index (χ4n) is 1.36. The normalized spacial score (nSPS) is 10.0. The molecule has 1 amide bonds. The molecule has 4 N–H and O–H groups in total. The van der Waals surface area contributed by atoms with Crippen LogP contribution >= 0.6 is 0 Å². The summed E-state index contributed by atoms with van der Waals surface area (Å²) in [5.74, 6) is -0.181. The zero-order valence-electron chi connectivity index (χ0n) is 8.60. The molecule has 0 unspecified atom stereocenters. The average molecular weight is 216 g/mol. The highest BCUT2D eigenvalue weighted by atomic mass is 16.1. The van der Waals surface area contributed by atoms with Crippen LogP contribution in [0.1, 0.15) is 16.1 Å². The molecule has 2 aromatic rings. The number of anilines is 1. The summed E-state index contributed by atoms with van der Waals surface area (Å²) in [4.78, 5) is 11.6. The highest BCUT2D eigenvalue weighted by Gasteiger charge is 2.05. The number of carbonyl (C=O) groups excluding carboxylic acids is 1.